The van der Waals surface area contributed by atoms with Crippen molar-refractivity contribution in [2.75, 3.05) is 6.61 Å². The second kappa shape index (κ2) is 12.0. The topological polar surface area (TPSA) is 59.0 Å². The molecular formula is C34H33NO4. The Balaban J connectivity index is 1.46. The van der Waals surface area contributed by atoms with Crippen molar-refractivity contribution < 1.29 is 19.4 Å². The minimum Gasteiger partial charge on any atom is -0.488 e. The summed E-state index contributed by atoms with van der Waals surface area (Å²) >= 11 is 0. The van der Waals surface area contributed by atoms with Crippen molar-refractivity contribution in [1.82, 2.24) is 4.90 Å². The Kier molecular flexibility index (Phi) is 8.09. The van der Waals surface area contributed by atoms with E-state index in [9.17, 15) is 9.90 Å². The predicted molar refractivity (Wildman–Crippen MR) is 154 cm³/mol. The van der Waals surface area contributed by atoms with Crippen molar-refractivity contribution in [1.29, 1.82) is 0 Å². The lowest BCUT2D eigenvalue weighted by molar-refractivity contribution is 0.0746. The predicted octanol–water partition coefficient (Wildman–Crippen LogP) is 6.57. The van der Waals surface area contributed by atoms with Gasteiger partial charge in [-0.1, -0.05) is 85.4 Å². The smallest absolute Gasteiger partial charge is 0.258 e. The van der Waals surface area contributed by atoms with Gasteiger partial charge in [0.1, 0.15) is 24.7 Å². The largest absolute Gasteiger partial charge is 0.488 e. The van der Waals surface area contributed by atoms with Gasteiger partial charge in [0.15, 0.2) is 0 Å². The molecule has 1 N–H and O–H groups in total. The Morgan fingerprint density at radius 1 is 0.769 bits per heavy atom. The minimum atomic E-state index is -0.102. The van der Waals surface area contributed by atoms with Crippen LogP contribution in [0.4, 0.5) is 0 Å². The van der Waals surface area contributed by atoms with Crippen molar-refractivity contribution in [2.45, 2.75) is 39.6 Å². The van der Waals surface area contributed by atoms with Crippen LogP contribution in [-0.4, -0.2) is 22.5 Å². The first kappa shape index (κ1) is 26.3. The van der Waals surface area contributed by atoms with Gasteiger partial charge in [0.2, 0.25) is 0 Å². The van der Waals surface area contributed by atoms with Gasteiger partial charge >= 0.3 is 0 Å². The Hall–Kier alpha value is -4.35. The van der Waals surface area contributed by atoms with Crippen LogP contribution in [0.2, 0.25) is 0 Å². The highest BCUT2D eigenvalue weighted by atomic mass is 16.5. The van der Waals surface area contributed by atoms with E-state index in [1.54, 1.807) is 0 Å². The van der Waals surface area contributed by atoms with Crippen molar-refractivity contribution in [2.24, 2.45) is 0 Å². The molecule has 39 heavy (non-hydrogen) atoms. The van der Waals surface area contributed by atoms with Crippen LogP contribution >= 0.6 is 0 Å². The summed E-state index contributed by atoms with van der Waals surface area (Å²) in [7, 11) is 0. The first-order valence-corrected chi connectivity index (χ1v) is 13.2. The number of fused-ring (bicyclic) bond motifs is 1. The lowest BCUT2D eigenvalue weighted by Crippen LogP contribution is -2.26. The zero-order valence-corrected chi connectivity index (χ0v) is 22.2. The molecule has 1 aliphatic rings. The molecule has 0 bridgehead atoms. The fourth-order valence-corrected chi connectivity index (χ4v) is 4.82. The molecular weight excluding hydrogens is 486 g/mol. The first-order chi connectivity index (χ1) is 19.0. The molecule has 0 spiro atoms. The van der Waals surface area contributed by atoms with Gasteiger partial charge in [0.05, 0.1) is 5.56 Å². The van der Waals surface area contributed by atoms with Gasteiger partial charge in [-0.3, -0.25) is 4.79 Å². The normalized spacial score (nSPS) is 12.2. The van der Waals surface area contributed by atoms with E-state index in [4.69, 9.17) is 9.47 Å². The van der Waals surface area contributed by atoms with Crippen molar-refractivity contribution in [3.05, 3.63) is 137 Å². The van der Waals surface area contributed by atoms with Gasteiger partial charge in [-0.2, -0.15) is 0 Å². The van der Waals surface area contributed by atoms with Crippen molar-refractivity contribution in [3.8, 4) is 11.5 Å². The third-order valence-corrected chi connectivity index (χ3v) is 6.93. The molecule has 1 amide bonds. The van der Waals surface area contributed by atoms with E-state index in [1.807, 2.05) is 90.7 Å². The lowest BCUT2D eigenvalue weighted by Gasteiger charge is -2.21. The SMILES string of the molecule is C=C(C)c1cc(C(=O)N2Cc3ccc(CCO)cc3C2)c(OCc2ccccc2)cc1OCc1ccccc1. The summed E-state index contributed by atoms with van der Waals surface area (Å²) in [6.45, 7) is 7.94. The van der Waals surface area contributed by atoms with Gasteiger partial charge < -0.3 is 19.5 Å². The summed E-state index contributed by atoms with van der Waals surface area (Å²) in [6.07, 6.45) is 0.602. The molecule has 1 aliphatic heterocycles. The maximum absolute atomic E-state index is 14.0. The first-order valence-electron chi connectivity index (χ1n) is 13.2. The molecule has 5 nitrogen and oxygen atoms in total. The molecule has 0 radical (unpaired) electrons. The van der Waals surface area contributed by atoms with Crippen LogP contribution in [0.3, 0.4) is 0 Å². The molecule has 1 heterocycles. The Morgan fingerprint density at radius 2 is 1.36 bits per heavy atom. The van der Waals surface area contributed by atoms with Crippen LogP contribution in [0.25, 0.3) is 5.57 Å². The summed E-state index contributed by atoms with van der Waals surface area (Å²) in [5.41, 5.74) is 7.44. The van der Waals surface area contributed by atoms with E-state index in [2.05, 4.69) is 18.7 Å². The number of aliphatic hydroxyl groups is 1. The van der Waals surface area contributed by atoms with Crippen LogP contribution in [0.1, 0.15) is 50.7 Å². The minimum absolute atomic E-state index is 0.102. The number of carbonyl (C=O) groups excluding carboxylic acids is 1. The van der Waals surface area contributed by atoms with Gasteiger partial charge in [0.25, 0.3) is 5.91 Å². The summed E-state index contributed by atoms with van der Waals surface area (Å²) in [6, 6.07) is 29.7. The molecule has 0 aromatic heterocycles. The Bertz CT molecular complexity index is 1460. The van der Waals surface area contributed by atoms with Crippen LogP contribution in [0.15, 0.2) is 97.6 Å². The molecule has 4 aromatic rings. The third kappa shape index (κ3) is 6.21. The van der Waals surface area contributed by atoms with Gasteiger partial charge in [-0.25, -0.2) is 0 Å². The Morgan fingerprint density at radius 3 is 1.95 bits per heavy atom. The number of hydrogen-bond donors (Lipinski definition) is 1. The number of hydrogen-bond acceptors (Lipinski definition) is 4. The van der Waals surface area contributed by atoms with Gasteiger partial charge in [-0.15, -0.1) is 0 Å². The monoisotopic (exact) mass is 519 g/mol. The van der Waals surface area contributed by atoms with E-state index in [-0.39, 0.29) is 12.5 Å². The lowest BCUT2D eigenvalue weighted by atomic mass is 10.0. The highest BCUT2D eigenvalue weighted by Crippen LogP contribution is 2.36. The molecule has 0 fully saturated rings. The molecule has 198 valence electrons. The fourth-order valence-electron chi connectivity index (χ4n) is 4.82. The van der Waals surface area contributed by atoms with Gasteiger partial charge in [0, 0.05) is 31.3 Å². The third-order valence-electron chi connectivity index (χ3n) is 6.93. The molecule has 5 heteroatoms. The van der Waals surface area contributed by atoms with Crippen LogP contribution < -0.4 is 9.47 Å². The number of allylic oxidation sites excluding steroid dienone is 1. The maximum atomic E-state index is 14.0. The molecule has 0 saturated carbocycles. The molecule has 5 rings (SSSR count). The molecule has 4 aromatic carbocycles. The van der Waals surface area contributed by atoms with Crippen LogP contribution in [0.5, 0.6) is 11.5 Å². The van der Waals surface area contributed by atoms with Crippen molar-refractivity contribution >= 4 is 11.5 Å². The number of rotatable bonds is 10. The standard InChI is InChI=1S/C34H33NO4/c1-24(2)30-18-31(34(37)35-20-28-14-13-25(15-16-36)17-29(28)21-35)33(39-23-27-11-7-4-8-12-27)19-32(30)38-22-26-9-5-3-6-10-26/h3-14,17-19,36H,1,15-16,20-23H2,2H3. The second-order valence-corrected chi connectivity index (χ2v) is 9.91. The number of benzene rings is 4. The maximum Gasteiger partial charge on any atom is 0.258 e. The van der Waals surface area contributed by atoms with E-state index < -0.39 is 0 Å². The number of ether oxygens (including phenoxy) is 2. The highest BCUT2D eigenvalue weighted by Gasteiger charge is 2.28. The van der Waals surface area contributed by atoms with Crippen molar-refractivity contribution in [3.63, 3.8) is 0 Å². The number of amides is 1. The van der Waals surface area contributed by atoms with E-state index in [0.717, 1.165) is 39.0 Å². The molecule has 0 aliphatic carbocycles. The zero-order valence-electron chi connectivity index (χ0n) is 22.2. The average molecular weight is 520 g/mol. The average Bonchev–Trinajstić information content (AvgIpc) is 3.39. The van der Waals surface area contributed by atoms with E-state index in [1.165, 1.54) is 0 Å². The zero-order chi connectivity index (χ0) is 27.2. The Labute approximate surface area is 229 Å². The molecule has 0 saturated heterocycles. The summed E-state index contributed by atoms with van der Waals surface area (Å²) in [5, 5.41) is 9.32. The quantitative estimate of drug-likeness (QED) is 0.258. The molecule has 0 unspecified atom stereocenters. The summed E-state index contributed by atoms with van der Waals surface area (Å²) in [4.78, 5) is 15.8. The summed E-state index contributed by atoms with van der Waals surface area (Å²) < 4.78 is 12.5. The number of nitrogens with zero attached hydrogens (tertiary/aromatic N) is 1. The second-order valence-electron chi connectivity index (χ2n) is 9.91. The highest BCUT2D eigenvalue weighted by molar-refractivity contribution is 5.98. The van der Waals surface area contributed by atoms with E-state index >= 15 is 0 Å². The fraction of sp³-hybridized carbons (Fsp3) is 0.206. The molecule has 0 atom stereocenters. The van der Waals surface area contributed by atoms with Crippen LogP contribution in [-0.2, 0) is 32.7 Å². The van der Waals surface area contributed by atoms with E-state index in [0.29, 0.717) is 49.8 Å². The number of carbonyl (C=O) groups is 1. The van der Waals surface area contributed by atoms with Crippen LogP contribution in [0, 0.1) is 0 Å². The number of aliphatic hydroxyl groups excluding tert-OH is 1. The van der Waals surface area contributed by atoms with Gasteiger partial charge in [-0.05, 0) is 52.8 Å². The summed E-state index contributed by atoms with van der Waals surface area (Å²) in [5.74, 6) is 1.01.